The first-order valence-corrected chi connectivity index (χ1v) is 18.9. The predicted octanol–water partition coefficient (Wildman–Crippen LogP) is 5.96. The molecule has 1 saturated carbocycles. The second kappa shape index (κ2) is 12.3. The van der Waals surface area contributed by atoms with E-state index in [1.54, 1.807) is 4.31 Å². The second-order valence-electron chi connectivity index (χ2n) is 12.8. The zero-order chi connectivity index (χ0) is 30.4. The fourth-order valence-corrected chi connectivity index (χ4v) is 11.9. The van der Waals surface area contributed by atoms with E-state index in [9.17, 15) is 25.6 Å². The lowest BCUT2D eigenvalue weighted by atomic mass is 9.86. The van der Waals surface area contributed by atoms with Crippen LogP contribution in [-0.2, 0) is 20.0 Å². The maximum absolute atomic E-state index is 14.4. The number of likely N-dealkylation sites (tertiary alicyclic amines) is 1. The molecule has 3 saturated heterocycles. The highest BCUT2D eigenvalue weighted by Crippen LogP contribution is 2.57. The van der Waals surface area contributed by atoms with Crippen molar-refractivity contribution in [2.24, 2.45) is 5.41 Å². The number of benzene rings is 2. The van der Waals surface area contributed by atoms with Crippen LogP contribution in [0.1, 0.15) is 75.8 Å². The molecule has 2 atom stereocenters. The lowest BCUT2D eigenvalue weighted by Crippen LogP contribution is -2.53. The van der Waals surface area contributed by atoms with Gasteiger partial charge in [-0.3, -0.25) is 0 Å². The summed E-state index contributed by atoms with van der Waals surface area (Å²) in [7, 11) is -7.84. The summed E-state index contributed by atoms with van der Waals surface area (Å²) in [6.07, 6.45) is 7.89. The third kappa shape index (κ3) is 6.53. The standard InChI is InChI=1S/C31H40ClF2N3O4S2/c32-24-7-9-28(10-8-24)43(40,41)37-29(23-19-25(33)21-26(34)20-23)5-4-6-30(37)31(13-14-31)22-42(38,39)36-17-11-27(12-18-36)35-15-2-1-3-16-35/h7-10,19-21,27,29-30H,1-6,11-18,22H2/t29-,30+/m1/s1. The molecule has 0 unspecified atom stereocenters. The average Bonchev–Trinajstić information content (AvgIpc) is 3.77. The second-order valence-corrected chi connectivity index (χ2v) is 17.0. The van der Waals surface area contributed by atoms with E-state index in [0.717, 1.165) is 32.0 Å². The van der Waals surface area contributed by atoms with Crippen molar-refractivity contribution in [3.05, 3.63) is 64.7 Å². The van der Waals surface area contributed by atoms with Crippen LogP contribution in [0.3, 0.4) is 0 Å². The van der Waals surface area contributed by atoms with Gasteiger partial charge in [0.2, 0.25) is 20.0 Å². The molecule has 0 aromatic heterocycles. The number of sulfonamides is 2. The maximum Gasteiger partial charge on any atom is 0.243 e. The molecule has 0 bridgehead atoms. The average molecular weight is 656 g/mol. The van der Waals surface area contributed by atoms with Crippen LogP contribution in [0.25, 0.3) is 0 Å². The third-order valence-electron chi connectivity index (χ3n) is 10.0. The first-order valence-electron chi connectivity index (χ1n) is 15.5. The van der Waals surface area contributed by atoms with Crippen LogP contribution in [0.4, 0.5) is 8.78 Å². The zero-order valence-electron chi connectivity index (χ0n) is 24.3. The summed E-state index contributed by atoms with van der Waals surface area (Å²) >= 11 is 6.05. The number of nitrogens with zero attached hydrogens (tertiary/aromatic N) is 3. The predicted molar refractivity (Wildman–Crippen MR) is 163 cm³/mol. The van der Waals surface area contributed by atoms with Crippen LogP contribution in [-0.4, -0.2) is 74.4 Å². The molecule has 43 heavy (non-hydrogen) atoms. The first kappa shape index (κ1) is 31.4. The van der Waals surface area contributed by atoms with Crippen molar-refractivity contribution in [1.29, 1.82) is 0 Å². The number of hydrogen-bond acceptors (Lipinski definition) is 5. The topological polar surface area (TPSA) is 78.0 Å². The van der Waals surface area contributed by atoms with Crippen molar-refractivity contribution in [2.75, 3.05) is 31.9 Å². The van der Waals surface area contributed by atoms with Crippen molar-refractivity contribution in [1.82, 2.24) is 13.5 Å². The van der Waals surface area contributed by atoms with Gasteiger partial charge < -0.3 is 4.90 Å². The third-order valence-corrected chi connectivity index (χ3v) is 14.3. The van der Waals surface area contributed by atoms with E-state index in [2.05, 4.69) is 4.90 Å². The first-order chi connectivity index (χ1) is 20.5. The van der Waals surface area contributed by atoms with Gasteiger partial charge in [0.05, 0.1) is 16.7 Å². The molecule has 0 spiro atoms. The lowest BCUT2D eigenvalue weighted by molar-refractivity contribution is 0.115. The van der Waals surface area contributed by atoms with Crippen LogP contribution < -0.4 is 0 Å². The molecule has 2 aromatic rings. The zero-order valence-corrected chi connectivity index (χ0v) is 26.7. The Balaban J connectivity index is 1.28. The Morgan fingerprint density at radius 2 is 1.42 bits per heavy atom. The molecule has 236 valence electrons. The van der Waals surface area contributed by atoms with Crippen LogP contribution in [0.2, 0.25) is 5.02 Å². The Hall–Kier alpha value is -1.63. The number of halogens is 3. The smallest absolute Gasteiger partial charge is 0.243 e. The maximum atomic E-state index is 14.4. The van der Waals surface area contributed by atoms with E-state index in [0.29, 0.717) is 56.3 Å². The highest BCUT2D eigenvalue weighted by Gasteiger charge is 2.59. The molecule has 2 aromatic carbocycles. The van der Waals surface area contributed by atoms with Gasteiger partial charge in [-0.2, -0.15) is 4.31 Å². The largest absolute Gasteiger partial charge is 0.300 e. The lowest BCUT2D eigenvalue weighted by Gasteiger charge is -2.45. The molecule has 6 rings (SSSR count). The minimum atomic E-state index is -4.18. The Bertz CT molecular complexity index is 1500. The number of piperidine rings is 3. The monoisotopic (exact) mass is 655 g/mol. The van der Waals surface area contributed by atoms with Crippen molar-refractivity contribution in [3.8, 4) is 0 Å². The molecule has 0 N–H and O–H groups in total. The Kier molecular flexibility index (Phi) is 8.96. The van der Waals surface area contributed by atoms with E-state index in [1.807, 2.05) is 0 Å². The Labute approximate surface area is 259 Å². The quantitative estimate of drug-likeness (QED) is 0.351. The van der Waals surface area contributed by atoms with Gasteiger partial charge in [-0.1, -0.05) is 18.0 Å². The van der Waals surface area contributed by atoms with Gasteiger partial charge in [-0.15, -0.1) is 0 Å². The summed E-state index contributed by atoms with van der Waals surface area (Å²) in [6, 6.07) is 7.93. The van der Waals surface area contributed by atoms with Gasteiger partial charge in [-0.05, 0) is 113 Å². The fourth-order valence-electron chi connectivity index (χ4n) is 7.65. The molecule has 1 aliphatic carbocycles. The number of hydrogen-bond donors (Lipinski definition) is 0. The van der Waals surface area contributed by atoms with E-state index in [-0.39, 0.29) is 16.2 Å². The molecular weight excluding hydrogens is 616 g/mol. The Morgan fingerprint density at radius 1 is 0.791 bits per heavy atom. The van der Waals surface area contributed by atoms with E-state index in [1.165, 1.54) is 60.0 Å². The van der Waals surface area contributed by atoms with E-state index in [4.69, 9.17) is 11.6 Å². The molecule has 3 aliphatic heterocycles. The SMILES string of the molecule is O=S(=O)(CC1([C@@H]2CCC[C@H](c3cc(F)cc(F)c3)N2S(=O)(=O)c2ccc(Cl)cc2)CC1)N1CCC(N2CCCCC2)CC1. The van der Waals surface area contributed by atoms with Gasteiger partial charge in [0, 0.05) is 41.7 Å². The van der Waals surface area contributed by atoms with Gasteiger partial charge in [0.1, 0.15) is 11.6 Å². The van der Waals surface area contributed by atoms with Crippen molar-refractivity contribution < 1.29 is 25.6 Å². The van der Waals surface area contributed by atoms with Gasteiger partial charge in [0.25, 0.3) is 0 Å². The summed E-state index contributed by atoms with van der Waals surface area (Å²) in [6.45, 7) is 3.11. The molecule has 4 aliphatic rings. The molecule has 0 amide bonds. The van der Waals surface area contributed by atoms with Gasteiger partial charge in [0.15, 0.2) is 0 Å². The van der Waals surface area contributed by atoms with Crippen LogP contribution in [0.5, 0.6) is 0 Å². The van der Waals surface area contributed by atoms with Gasteiger partial charge >= 0.3 is 0 Å². The molecule has 7 nitrogen and oxygen atoms in total. The van der Waals surface area contributed by atoms with Crippen LogP contribution in [0, 0.1) is 17.0 Å². The molecule has 3 heterocycles. The molecule has 12 heteroatoms. The van der Waals surface area contributed by atoms with E-state index < -0.39 is 49.2 Å². The summed E-state index contributed by atoms with van der Waals surface area (Å²) in [5, 5.41) is 0.381. The minimum absolute atomic E-state index is 0.0177. The highest BCUT2D eigenvalue weighted by atomic mass is 35.5. The summed E-state index contributed by atoms with van der Waals surface area (Å²) in [5.74, 6) is -1.69. The van der Waals surface area contributed by atoms with Crippen LogP contribution >= 0.6 is 11.6 Å². The van der Waals surface area contributed by atoms with E-state index >= 15 is 0 Å². The highest BCUT2D eigenvalue weighted by molar-refractivity contribution is 7.89. The fraction of sp³-hybridized carbons (Fsp3) is 0.613. The van der Waals surface area contributed by atoms with Crippen molar-refractivity contribution in [3.63, 3.8) is 0 Å². The summed E-state index contributed by atoms with van der Waals surface area (Å²) < 4.78 is 88.2. The van der Waals surface area contributed by atoms with Crippen molar-refractivity contribution >= 4 is 31.6 Å². The molecule has 0 radical (unpaired) electrons. The normalized spacial score (nSPS) is 26.4. The van der Waals surface area contributed by atoms with Crippen LogP contribution in [0.15, 0.2) is 47.4 Å². The van der Waals surface area contributed by atoms with Crippen molar-refractivity contribution in [2.45, 2.75) is 87.2 Å². The Morgan fingerprint density at radius 3 is 2.02 bits per heavy atom. The summed E-state index contributed by atoms with van der Waals surface area (Å²) in [4.78, 5) is 2.52. The van der Waals surface area contributed by atoms with Gasteiger partial charge in [-0.25, -0.2) is 29.9 Å². The minimum Gasteiger partial charge on any atom is -0.300 e. The molecular formula is C31H40ClF2N3O4S2. The number of rotatable bonds is 8. The summed E-state index contributed by atoms with van der Waals surface area (Å²) in [5.41, 5.74) is -0.523. The molecule has 4 fully saturated rings.